The van der Waals surface area contributed by atoms with Crippen molar-refractivity contribution in [2.45, 2.75) is 6.42 Å². The number of nitrogens with zero attached hydrogens (tertiary/aromatic N) is 3. The van der Waals surface area contributed by atoms with Crippen molar-refractivity contribution in [2.24, 2.45) is 0 Å². The zero-order valence-corrected chi connectivity index (χ0v) is 32.4. The third-order valence-corrected chi connectivity index (χ3v) is 11.9. The third-order valence-electron chi connectivity index (χ3n) is 11.2. The summed E-state index contributed by atoms with van der Waals surface area (Å²) in [4.78, 5) is 7.10. The van der Waals surface area contributed by atoms with E-state index in [0.717, 1.165) is 101 Å². The Labute approximate surface area is 341 Å². The molecule has 2 aliphatic heterocycles. The first-order chi connectivity index (χ1) is 28.1. The highest BCUT2D eigenvalue weighted by atomic mass is 79.9. The lowest BCUT2D eigenvalue weighted by Crippen LogP contribution is -2.24. The number of para-hydroxylation sites is 7. The van der Waals surface area contributed by atoms with Gasteiger partial charge in [-0.05, 0) is 124 Å². The standard InChI is InChI=1S/C51H33BBrN3O/c52-41-16-4-1-13-33(41)29-35-30-34-14-2-6-18-43(34)54(44-19-7-3-15-38(35)44)36-25-27-50-39(31-36)40-32-37(26-28-51(40)57-50)55-46-21-9-11-23-48(46)56(45-20-8-5-17-42(45)53)49-24-12-10-22-47(49)55/h1-28,30-32H,29H2. The third kappa shape index (κ3) is 5.51. The Morgan fingerprint density at radius 1 is 0.456 bits per heavy atom. The summed E-state index contributed by atoms with van der Waals surface area (Å²) in [6, 6.07) is 64.3. The molecule has 0 saturated heterocycles. The van der Waals surface area contributed by atoms with E-state index in [4.69, 9.17) is 12.3 Å². The van der Waals surface area contributed by atoms with Gasteiger partial charge in [-0.25, -0.2) is 0 Å². The highest BCUT2D eigenvalue weighted by Gasteiger charge is 2.31. The van der Waals surface area contributed by atoms with Gasteiger partial charge < -0.3 is 19.1 Å². The van der Waals surface area contributed by atoms with Crippen molar-refractivity contribution in [1.82, 2.24) is 0 Å². The molecule has 8 aromatic carbocycles. The maximum Gasteiger partial charge on any atom is 0.135 e. The van der Waals surface area contributed by atoms with Gasteiger partial charge in [-0.15, -0.1) is 0 Å². The molecule has 268 valence electrons. The maximum atomic E-state index is 6.55. The van der Waals surface area contributed by atoms with E-state index in [1.807, 2.05) is 12.1 Å². The van der Waals surface area contributed by atoms with Crippen LogP contribution in [-0.4, -0.2) is 7.85 Å². The molecule has 9 aromatic rings. The Balaban J connectivity index is 1.06. The van der Waals surface area contributed by atoms with Crippen molar-refractivity contribution in [3.8, 4) is 0 Å². The normalized spacial score (nSPS) is 13.1. The van der Waals surface area contributed by atoms with Crippen LogP contribution in [0.1, 0.15) is 16.7 Å². The summed E-state index contributed by atoms with van der Waals surface area (Å²) in [5, 5.41) is 2.12. The van der Waals surface area contributed by atoms with Gasteiger partial charge in [0.25, 0.3) is 0 Å². The first kappa shape index (κ1) is 33.6. The summed E-state index contributed by atoms with van der Waals surface area (Å²) >= 11 is 3.84. The molecule has 0 fully saturated rings. The van der Waals surface area contributed by atoms with Crippen molar-refractivity contribution >= 4 is 114 Å². The average Bonchev–Trinajstić information content (AvgIpc) is 3.55. The summed E-state index contributed by atoms with van der Waals surface area (Å²) in [7, 11) is 6.49. The molecular weight excluding hydrogens is 761 g/mol. The van der Waals surface area contributed by atoms with E-state index in [-0.39, 0.29) is 0 Å². The van der Waals surface area contributed by atoms with E-state index >= 15 is 0 Å². The smallest absolute Gasteiger partial charge is 0.135 e. The number of rotatable bonds is 5. The van der Waals surface area contributed by atoms with Crippen LogP contribution in [0.15, 0.2) is 191 Å². The van der Waals surface area contributed by atoms with E-state index in [1.165, 1.54) is 11.1 Å². The monoisotopic (exact) mass is 793 g/mol. The molecule has 1 aromatic heterocycles. The first-order valence-electron chi connectivity index (χ1n) is 19.1. The molecular formula is C51H33BBrN3O. The highest BCUT2D eigenvalue weighted by Crippen LogP contribution is 2.55. The molecule has 6 heteroatoms. The lowest BCUT2D eigenvalue weighted by Gasteiger charge is -2.40. The summed E-state index contributed by atoms with van der Waals surface area (Å²) in [5.74, 6) is 0. The topological polar surface area (TPSA) is 22.9 Å². The minimum Gasteiger partial charge on any atom is -0.456 e. The minimum absolute atomic E-state index is 0.725. The first-order valence-corrected chi connectivity index (χ1v) is 19.9. The SMILES string of the molecule is [B]c1ccccc1CC1=Cc2ccccc2N(c2ccc3oc4ccc(N5c6ccccc6N(c6ccccc6Br)c6ccccc65)cc4c3c2)c2ccccc21. The Hall–Kier alpha value is -6.76. The molecule has 0 saturated carbocycles. The van der Waals surface area contributed by atoms with Crippen molar-refractivity contribution in [1.29, 1.82) is 0 Å². The minimum atomic E-state index is 0.725. The summed E-state index contributed by atoms with van der Waals surface area (Å²) in [6.07, 6.45) is 3.05. The van der Waals surface area contributed by atoms with Gasteiger partial charge in [0.1, 0.15) is 19.0 Å². The predicted octanol–water partition coefficient (Wildman–Crippen LogP) is 14.0. The van der Waals surface area contributed by atoms with E-state index in [1.54, 1.807) is 0 Å². The second-order valence-corrected chi connectivity index (χ2v) is 15.4. The Bertz CT molecular complexity index is 3030. The van der Waals surface area contributed by atoms with Crippen molar-refractivity contribution < 1.29 is 4.42 Å². The van der Waals surface area contributed by atoms with Crippen LogP contribution in [0.25, 0.3) is 33.6 Å². The highest BCUT2D eigenvalue weighted by molar-refractivity contribution is 9.10. The van der Waals surface area contributed by atoms with Gasteiger partial charge in [-0.1, -0.05) is 108 Å². The fraction of sp³-hybridized carbons (Fsp3) is 0.0196. The van der Waals surface area contributed by atoms with Gasteiger partial charge in [0, 0.05) is 32.2 Å². The van der Waals surface area contributed by atoms with E-state index < -0.39 is 0 Å². The number of halogens is 1. The van der Waals surface area contributed by atoms with Crippen molar-refractivity contribution in [3.63, 3.8) is 0 Å². The fourth-order valence-electron chi connectivity index (χ4n) is 8.62. The molecule has 0 atom stereocenters. The zero-order chi connectivity index (χ0) is 38.0. The van der Waals surface area contributed by atoms with Crippen LogP contribution in [0, 0.1) is 0 Å². The zero-order valence-electron chi connectivity index (χ0n) is 30.8. The Morgan fingerprint density at radius 2 is 0.947 bits per heavy atom. The second kappa shape index (κ2) is 13.5. The van der Waals surface area contributed by atoms with Crippen LogP contribution >= 0.6 is 15.9 Å². The molecule has 11 rings (SSSR count). The molecule has 0 amide bonds. The van der Waals surface area contributed by atoms with Crippen molar-refractivity contribution in [3.05, 3.63) is 203 Å². The molecule has 0 bridgehead atoms. The molecule has 0 N–H and O–H groups in total. The van der Waals surface area contributed by atoms with Crippen molar-refractivity contribution in [2.75, 3.05) is 14.7 Å². The number of allylic oxidation sites excluding steroid dienone is 1. The predicted molar refractivity (Wildman–Crippen MR) is 242 cm³/mol. The van der Waals surface area contributed by atoms with E-state index in [0.29, 0.717) is 0 Å². The molecule has 2 aliphatic rings. The van der Waals surface area contributed by atoms with Gasteiger partial charge in [-0.2, -0.15) is 0 Å². The lowest BCUT2D eigenvalue weighted by atomic mass is 9.86. The van der Waals surface area contributed by atoms with Crippen LogP contribution in [0.3, 0.4) is 0 Å². The molecule has 3 heterocycles. The summed E-state index contributed by atoms with van der Waals surface area (Å²) in [6.45, 7) is 0. The molecule has 2 radical (unpaired) electrons. The Morgan fingerprint density at radius 3 is 1.58 bits per heavy atom. The maximum absolute atomic E-state index is 6.55. The average molecular weight is 795 g/mol. The lowest BCUT2D eigenvalue weighted by molar-refractivity contribution is 0.669. The van der Waals surface area contributed by atoms with Crippen LogP contribution < -0.4 is 20.2 Å². The Kier molecular flexibility index (Phi) is 7.93. The van der Waals surface area contributed by atoms with Crippen LogP contribution in [0.2, 0.25) is 0 Å². The van der Waals surface area contributed by atoms with Crippen LogP contribution in [0.4, 0.5) is 51.2 Å². The summed E-state index contributed by atoms with van der Waals surface area (Å²) < 4.78 is 7.58. The molecule has 0 aliphatic carbocycles. The number of benzene rings is 8. The molecule has 0 spiro atoms. The number of furan rings is 1. The van der Waals surface area contributed by atoms with Gasteiger partial charge in [0.05, 0.1) is 39.8 Å². The number of anilines is 9. The van der Waals surface area contributed by atoms with E-state index in [9.17, 15) is 0 Å². The molecule has 4 nitrogen and oxygen atoms in total. The number of fused-ring (bicyclic) bond motifs is 7. The van der Waals surface area contributed by atoms with Gasteiger partial charge in [-0.3, -0.25) is 0 Å². The molecule has 57 heavy (non-hydrogen) atoms. The van der Waals surface area contributed by atoms with Gasteiger partial charge >= 0.3 is 0 Å². The second-order valence-electron chi connectivity index (χ2n) is 14.5. The number of hydrogen-bond donors (Lipinski definition) is 0. The fourth-order valence-corrected chi connectivity index (χ4v) is 9.08. The number of hydrogen-bond acceptors (Lipinski definition) is 4. The largest absolute Gasteiger partial charge is 0.456 e. The molecule has 0 unspecified atom stereocenters. The summed E-state index contributed by atoms with van der Waals surface area (Å²) in [5.41, 5.74) is 17.0. The quantitative estimate of drug-likeness (QED) is 0.162. The van der Waals surface area contributed by atoms with Gasteiger partial charge in [0.15, 0.2) is 0 Å². The van der Waals surface area contributed by atoms with Crippen LogP contribution in [0.5, 0.6) is 0 Å². The van der Waals surface area contributed by atoms with Gasteiger partial charge in [0.2, 0.25) is 0 Å². The van der Waals surface area contributed by atoms with E-state index in [2.05, 4.69) is 207 Å². The van der Waals surface area contributed by atoms with Crippen LogP contribution in [-0.2, 0) is 6.42 Å².